The fourth-order valence-electron chi connectivity index (χ4n) is 2.15. The Balaban J connectivity index is 2.00. The quantitative estimate of drug-likeness (QED) is 0.878. The summed E-state index contributed by atoms with van der Waals surface area (Å²) in [5, 5.41) is 0. The minimum atomic E-state index is -3.99. The van der Waals surface area contributed by atoms with E-state index in [-0.39, 0.29) is 12.6 Å². The lowest BCUT2D eigenvalue weighted by Crippen LogP contribution is -2.47. The molecule has 0 bridgehead atoms. The van der Waals surface area contributed by atoms with Crippen LogP contribution in [0.2, 0.25) is 0 Å². The van der Waals surface area contributed by atoms with E-state index < -0.39 is 26.6 Å². The average molecular weight is 320 g/mol. The van der Waals surface area contributed by atoms with Gasteiger partial charge in [-0.3, -0.25) is 4.90 Å². The third-order valence-corrected chi connectivity index (χ3v) is 4.88. The van der Waals surface area contributed by atoms with Crippen molar-refractivity contribution in [2.45, 2.75) is 17.9 Å². The van der Waals surface area contributed by atoms with E-state index in [1.165, 1.54) is 0 Å². The number of halogens is 2. The molecule has 1 aliphatic heterocycles. The van der Waals surface area contributed by atoms with E-state index in [4.69, 9.17) is 4.74 Å². The minimum absolute atomic E-state index is 0.0350. The Bertz CT molecular complexity index is 589. The van der Waals surface area contributed by atoms with Gasteiger partial charge >= 0.3 is 0 Å². The van der Waals surface area contributed by atoms with Crippen molar-refractivity contribution in [3.63, 3.8) is 0 Å². The summed E-state index contributed by atoms with van der Waals surface area (Å²) in [4.78, 5) is 1.55. The molecule has 1 aliphatic rings. The number of ether oxygens (including phenoxy) is 1. The van der Waals surface area contributed by atoms with Gasteiger partial charge in [0, 0.05) is 31.7 Å². The molecule has 1 atom stereocenters. The van der Waals surface area contributed by atoms with Gasteiger partial charge in [-0.25, -0.2) is 21.9 Å². The SMILES string of the molecule is CC(CNS(=O)(=O)c1ccc(F)cc1F)N1CCOCC1. The van der Waals surface area contributed by atoms with E-state index in [2.05, 4.69) is 9.62 Å². The van der Waals surface area contributed by atoms with Gasteiger partial charge in [-0.15, -0.1) is 0 Å². The molecule has 0 radical (unpaired) electrons. The van der Waals surface area contributed by atoms with E-state index >= 15 is 0 Å². The van der Waals surface area contributed by atoms with Crippen LogP contribution in [-0.2, 0) is 14.8 Å². The van der Waals surface area contributed by atoms with Crippen molar-refractivity contribution < 1.29 is 21.9 Å². The molecule has 1 N–H and O–H groups in total. The molecule has 21 heavy (non-hydrogen) atoms. The van der Waals surface area contributed by atoms with Gasteiger partial charge < -0.3 is 4.74 Å². The maximum Gasteiger partial charge on any atom is 0.243 e. The van der Waals surface area contributed by atoms with Crippen LogP contribution in [0.25, 0.3) is 0 Å². The molecule has 1 unspecified atom stereocenters. The number of hydrogen-bond acceptors (Lipinski definition) is 4. The highest BCUT2D eigenvalue weighted by Crippen LogP contribution is 2.15. The Hall–Kier alpha value is -1.09. The van der Waals surface area contributed by atoms with E-state index in [9.17, 15) is 17.2 Å². The summed E-state index contributed by atoms with van der Waals surface area (Å²) < 4.78 is 58.0. The molecular formula is C13H18F2N2O3S. The molecule has 118 valence electrons. The van der Waals surface area contributed by atoms with Crippen LogP contribution in [0.5, 0.6) is 0 Å². The molecule has 1 heterocycles. The molecule has 8 heteroatoms. The van der Waals surface area contributed by atoms with E-state index in [1.54, 1.807) is 0 Å². The van der Waals surface area contributed by atoms with Crippen LogP contribution in [0, 0.1) is 11.6 Å². The lowest BCUT2D eigenvalue weighted by Gasteiger charge is -2.32. The van der Waals surface area contributed by atoms with Crippen molar-refractivity contribution in [2.75, 3.05) is 32.8 Å². The number of benzene rings is 1. The zero-order chi connectivity index (χ0) is 15.5. The normalized spacial score (nSPS) is 18.6. The first-order valence-electron chi connectivity index (χ1n) is 6.66. The summed E-state index contributed by atoms with van der Waals surface area (Å²) in [5.41, 5.74) is 0. The standard InChI is InChI=1S/C13H18F2N2O3S/c1-10(17-4-6-20-7-5-17)9-16-21(18,19)13-3-2-11(14)8-12(13)15/h2-3,8,10,16H,4-7,9H2,1H3. The van der Waals surface area contributed by atoms with Crippen LogP contribution in [0.15, 0.2) is 23.1 Å². The van der Waals surface area contributed by atoms with Crippen molar-refractivity contribution in [2.24, 2.45) is 0 Å². The highest BCUT2D eigenvalue weighted by molar-refractivity contribution is 7.89. The van der Waals surface area contributed by atoms with Crippen molar-refractivity contribution >= 4 is 10.0 Å². The van der Waals surface area contributed by atoms with Crippen molar-refractivity contribution in [1.29, 1.82) is 0 Å². The first kappa shape index (κ1) is 16.3. The first-order chi connectivity index (χ1) is 9.90. The third kappa shape index (κ3) is 4.19. The molecule has 0 aromatic heterocycles. The summed E-state index contributed by atoms with van der Waals surface area (Å²) in [6.07, 6.45) is 0. The molecule has 0 spiro atoms. The Morgan fingerprint density at radius 2 is 2.00 bits per heavy atom. The number of nitrogens with one attached hydrogen (secondary N) is 1. The van der Waals surface area contributed by atoms with Gasteiger partial charge in [0.25, 0.3) is 0 Å². The molecule has 1 saturated heterocycles. The molecule has 5 nitrogen and oxygen atoms in total. The van der Waals surface area contributed by atoms with Crippen LogP contribution >= 0.6 is 0 Å². The predicted octanol–water partition coefficient (Wildman–Crippen LogP) is 0.964. The number of morpholine rings is 1. The highest BCUT2D eigenvalue weighted by Gasteiger charge is 2.22. The molecule has 1 aromatic carbocycles. The summed E-state index contributed by atoms with van der Waals surface area (Å²) in [6.45, 7) is 4.73. The second kappa shape index (κ2) is 6.78. The van der Waals surface area contributed by atoms with E-state index in [0.717, 1.165) is 25.2 Å². The Morgan fingerprint density at radius 1 is 1.33 bits per heavy atom. The zero-order valence-corrected chi connectivity index (χ0v) is 12.5. The molecule has 2 rings (SSSR count). The second-order valence-electron chi connectivity index (χ2n) is 4.92. The molecule has 1 fully saturated rings. The molecular weight excluding hydrogens is 302 g/mol. The number of rotatable bonds is 5. The van der Waals surface area contributed by atoms with Gasteiger partial charge in [0.15, 0.2) is 0 Å². The molecule has 0 saturated carbocycles. The molecule has 1 aromatic rings. The topological polar surface area (TPSA) is 58.6 Å². The largest absolute Gasteiger partial charge is 0.379 e. The Kier molecular flexibility index (Phi) is 5.26. The maximum atomic E-state index is 13.5. The van der Waals surface area contributed by atoms with Crippen molar-refractivity contribution in [1.82, 2.24) is 9.62 Å². The van der Waals surface area contributed by atoms with Gasteiger partial charge in [-0.2, -0.15) is 0 Å². The van der Waals surface area contributed by atoms with Crippen LogP contribution < -0.4 is 4.72 Å². The highest BCUT2D eigenvalue weighted by atomic mass is 32.2. The van der Waals surface area contributed by atoms with Gasteiger partial charge in [0.2, 0.25) is 10.0 Å². The minimum Gasteiger partial charge on any atom is -0.379 e. The van der Waals surface area contributed by atoms with Crippen LogP contribution in [0.1, 0.15) is 6.92 Å². The second-order valence-corrected chi connectivity index (χ2v) is 6.66. The number of sulfonamides is 1. The lowest BCUT2D eigenvalue weighted by atomic mass is 10.2. The number of hydrogen-bond donors (Lipinski definition) is 1. The van der Waals surface area contributed by atoms with Crippen molar-refractivity contribution in [3.8, 4) is 0 Å². The van der Waals surface area contributed by atoms with Gasteiger partial charge in [0.1, 0.15) is 16.5 Å². The Labute approximate surface area is 122 Å². The van der Waals surface area contributed by atoms with Gasteiger partial charge in [0.05, 0.1) is 13.2 Å². The lowest BCUT2D eigenvalue weighted by molar-refractivity contribution is 0.0213. The zero-order valence-electron chi connectivity index (χ0n) is 11.7. The molecule has 0 amide bonds. The summed E-state index contributed by atoms with van der Waals surface area (Å²) in [5.74, 6) is -1.91. The van der Waals surface area contributed by atoms with E-state index in [0.29, 0.717) is 19.3 Å². The number of nitrogens with zero attached hydrogens (tertiary/aromatic N) is 1. The summed E-state index contributed by atoms with van der Waals surface area (Å²) in [6, 6.07) is 2.36. The summed E-state index contributed by atoms with van der Waals surface area (Å²) >= 11 is 0. The maximum absolute atomic E-state index is 13.5. The smallest absolute Gasteiger partial charge is 0.243 e. The van der Waals surface area contributed by atoms with E-state index in [1.807, 2.05) is 6.92 Å². The van der Waals surface area contributed by atoms with Crippen LogP contribution in [0.4, 0.5) is 8.78 Å². The van der Waals surface area contributed by atoms with Crippen LogP contribution in [-0.4, -0.2) is 52.2 Å². The third-order valence-electron chi connectivity index (χ3n) is 3.42. The average Bonchev–Trinajstić information content (AvgIpc) is 2.45. The van der Waals surface area contributed by atoms with Gasteiger partial charge in [-0.05, 0) is 19.1 Å². The fraction of sp³-hybridized carbons (Fsp3) is 0.538. The fourth-order valence-corrected chi connectivity index (χ4v) is 3.33. The first-order valence-corrected chi connectivity index (χ1v) is 8.15. The molecule has 0 aliphatic carbocycles. The van der Waals surface area contributed by atoms with Crippen molar-refractivity contribution in [3.05, 3.63) is 29.8 Å². The summed E-state index contributed by atoms with van der Waals surface area (Å²) in [7, 11) is -3.99. The monoisotopic (exact) mass is 320 g/mol. The Morgan fingerprint density at radius 3 is 2.62 bits per heavy atom. The van der Waals surface area contributed by atoms with Crippen LogP contribution in [0.3, 0.4) is 0 Å². The predicted molar refractivity (Wildman–Crippen MR) is 73.4 cm³/mol. The van der Waals surface area contributed by atoms with Gasteiger partial charge in [-0.1, -0.05) is 0 Å².